The minimum absolute atomic E-state index is 0.0166. The highest BCUT2D eigenvalue weighted by Crippen LogP contribution is 2.34. The molecule has 2 saturated heterocycles. The van der Waals surface area contributed by atoms with E-state index in [0.717, 1.165) is 38.8 Å². The topological polar surface area (TPSA) is 120 Å². The van der Waals surface area contributed by atoms with Gasteiger partial charge < -0.3 is 21.7 Å². The van der Waals surface area contributed by atoms with Gasteiger partial charge in [0.15, 0.2) is 12.2 Å². The van der Waals surface area contributed by atoms with Crippen molar-refractivity contribution in [1.29, 1.82) is 0 Å². The minimum atomic E-state index is -0.486. The van der Waals surface area contributed by atoms with Gasteiger partial charge in [-0.05, 0) is 44.6 Å². The average Bonchev–Trinajstić information content (AvgIpc) is 3.15. The van der Waals surface area contributed by atoms with Crippen LogP contribution in [0.2, 0.25) is 0 Å². The number of carbonyl (C=O) groups is 3. The number of carbonyl (C=O) groups excluding carboxylic acids is 3. The molecule has 6 atom stereocenters. The van der Waals surface area contributed by atoms with Crippen molar-refractivity contribution < 1.29 is 19.0 Å². The smallest absolute Gasteiger partial charge is 0.265 e. The third kappa shape index (κ3) is 7.91. The van der Waals surface area contributed by atoms with Gasteiger partial charge in [0.25, 0.3) is 5.91 Å². The molecule has 0 radical (unpaired) electrons. The molecule has 212 valence electrons. The standard InChI is InChI=1S/C27H47N5O3.CH5N/c1-17(2)21-15-32-16-31(7)22(30-26(35)27(4,5)6)10-8-9-19-11-13-28-24(33)20(19)12-14-29-25(34)23(32)18(21)3;1-2/h16-23H,8-15H2,1-7H3,(H2-,28,29,30,33,34,35);2H2,1H3/p+1/t18?,19-,20?,21+,22+,23?;/m0./s1. The van der Waals surface area contributed by atoms with Gasteiger partial charge in [-0.2, -0.15) is 0 Å². The van der Waals surface area contributed by atoms with E-state index in [-0.39, 0.29) is 41.8 Å². The molecule has 0 aromatic carbocycles. The summed E-state index contributed by atoms with van der Waals surface area (Å²) in [7, 11) is 3.50. The summed E-state index contributed by atoms with van der Waals surface area (Å²) in [6, 6.07) is -0.261. The maximum absolute atomic E-state index is 13.4. The Morgan fingerprint density at radius 2 is 1.70 bits per heavy atom. The van der Waals surface area contributed by atoms with E-state index in [1.165, 1.54) is 7.05 Å². The van der Waals surface area contributed by atoms with Crippen LogP contribution in [0, 0.1) is 35.0 Å². The fourth-order valence-corrected chi connectivity index (χ4v) is 6.11. The van der Waals surface area contributed by atoms with E-state index in [1.54, 1.807) is 0 Å². The first kappa shape index (κ1) is 31.1. The van der Waals surface area contributed by atoms with Gasteiger partial charge in [-0.1, -0.05) is 41.5 Å². The summed E-state index contributed by atoms with van der Waals surface area (Å²) in [6.07, 6.45) is 6.20. The number of nitrogens with zero attached hydrogens (tertiary/aromatic N) is 2. The second kappa shape index (κ2) is 13.6. The van der Waals surface area contributed by atoms with Gasteiger partial charge >= 0.3 is 0 Å². The summed E-state index contributed by atoms with van der Waals surface area (Å²) in [6.45, 7) is 14.5. The molecule has 9 heteroatoms. The van der Waals surface area contributed by atoms with Crippen molar-refractivity contribution in [3.05, 3.63) is 0 Å². The lowest BCUT2D eigenvalue weighted by atomic mass is 9.80. The van der Waals surface area contributed by atoms with Gasteiger partial charge in [0.2, 0.25) is 18.2 Å². The average molecular weight is 522 g/mol. The summed E-state index contributed by atoms with van der Waals surface area (Å²) < 4.78 is 2.08. The second-order valence-corrected chi connectivity index (χ2v) is 12.4. The van der Waals surface area contributed by atoms with Crippen LogP contribution in [0.15, 0.2) is 0 Å². The van der Waals surface area contributed by atoms with Crippen LogP contribution in [0.4, 0.5) is 0 Å². The van der Waals surface area contributed by atoms with Gasteiger partial charge in [-0.15, -0.1) is 0 Å². The lowest BCUT2D eigenvalue weighted by Gasteiger charge is -2.32. The molecule has 0 bridgehead atoms. The zero-order valence-corrected chi connectivity index (χ0v) is 24.5. The summed E-state index contributed by atoms with van der Waals surface area (Å²) in [4.78, 5) is 41.2. The van der Waals surface area contributed by atoms with Crippen LogP contribution < -0.4 is 21.7 Å². The molecule has 0 aromatic heterocycles. The summed E-state index contributed by atoms with van der Waals surface area (Å²) in [5.41, 5.74) is 4.01. The van der Waals surface area contributed by atoms with Gasteiger partial charge in [-0.3, -0.25) is 23.9 Å². The largest absolute Gasteiger partial charge is 0.356 e. The highest BCUT2D eigenvalue weighted by atomic mass is 16.2. The summed E-state index contributed by atoms with van der Waals surface area (Å²) >= 11 is 0. The lowest BCUT2D eigenvalue weighted by Crippen LogP contribution is -2.51. The molecule has 3 aliphatic heterocycles. The molecule has 3 aliphatic rings. The first-order valence-electron chi connectivity index (χ1n) is 14.2. The Bertz CT molecular complexity index is 821. The molecule has 3 amide bonds. The number of rotatable bonds is 2. The van der Waals surface area contributed by atoms with Gasteiger partial charge in [0.05, 0.1) is 13.6 Å². The molecule has 0 spiro atoms. The predicted octanol–water partition coefficient (Wildman–Crippen LogP) is 1.76. The van der Waals surface area contributed by atoms with Crippen molar-refractivity contribution >= 4 is 24.1 Å². The molecule has 0 aliphatic carbocycles. The molecular formula is C28H53N6O3+. The molecule has 0 saturated carbocycles. The first-order valence-corrected chi connectivity index (χ1v) is 14.2. The normalized spacial score (nSPS) is 32.9. The highest BCUT2D eigenvalue weighted by molar-refractivity contribution is 5.85. The van der Waals surface area contributed by atoms with Crippen molar-refractivity contribution in [2.45, 2.75) is 85.9 Å². The SMILES string of the molecule is CC(C)[C@H]1CN2/C=[N+](\C)[C@@H](NC(=O)C(C)(C)C)CCC[C@H]3CCNC(=O)C3CCNC(=O)C2C1C.CN. The van der Waals surface area contributed by atoms with E-state index in [0.29, 0.717) is 30.7 Å². The van der Waals surface area contributed by atoms with Gasteiger partial charge in [-0.25, -0.2) is 0 Å². The van der Waals surface area contributed by atoms with Crippen LogP contribution in [0.3, 0.4) is 0 Å². The lowest BCUT2D eigenvalue weighted by molar-refractivity contribution is -0.544. The minimum Gasteiger partial charge on any atom is -0.356 e. The number of amides is 3. The van der Waals surface area contributed by atoms with Gasteiger partial charge in [0.1, 0.15) is 0 Å². The Hall–Kier alpha value is -2.16. The molecule has 2 fully saturated rings. The zero-order chi connectivity index (χ0) is 27.9. The van der Waals surface area contributed by atoms with E-state index in [9.17, 15) is 14.4 Å². The number of nitrogens with one attached hydrogen (secondary N) is 3. The number of hydrogen-bond acceptors (Lipinski definition) is 5. The number of nitrogens with two attached hydrogens (primary N) is 1. The third-order valence-electron chi connectivity index (χ3n) is 8.41. The van der Waals surface area contributed by atoms with Crippen molar-refractivity contribution in [3.63, 3.8) is 0 Å². The van der Waals surface area contributed by atoms with Crippen molar-refractivity contribution in [1.82, 2.24) is 20.9 Å². The Balaban J connectivity index is 0.00000235. The second-order valence-electron chi connectivity index (χ2n) is 12.4. The van der Waals surface area contributed by atoms with Crippen LogP contribution in [-0.2, 0) is 14.4 Å². The van der Waals surface area contributed by atoms with E-state index in [1.807, 2.05) is 27.8 Å². The Morgan fingerprint density at radius 3 is 2.32 bits per heavy atom. The van der Waals surface area contributed by atoms with E-state index in [4.69, 9.17) is 0 Å². The molecule has 0 aromatic rings. The molecule has 9 nitrogen and oxygen atoms in total. The molecule has 5 N–H and O–H groups in total. The van der Waals surface area contributed by atoms with E-state index in [2.05, 4.69) is 58.3 Å². The fourth-order valence-electron chi connectivity index (χ4n) is 6.11. The van der Waals surface area contributed by atoms with E-state index >= 15 is 0 Å². The molecular weight excluding hydrogens is 468 g/mol. The summed E-state index contributed by atoms with van der Waals surface area (Å²) in [5.74, 6) is 1.48. The zero-order valence-electron chi connectivity index (χ0n) is 24.5. The van der Waals surface area contributed by atoms with E-state index < -0.39 is 5.41 Å². The molecule has 3 heterocycles. The fraction of sp³-hybridized carbons (Fsp3) is 0.857. The number of hydrogen-bond donors (Lipinski definition) is 4. The molecule has 37 heavy (non-hydrogen) atoms. The van der Waals surface area contributed by atoms with Crippen molar-refractivity contribution in [2.24, 2.45) is 40.7 Å². The maximum atomic E-state index is 13.4. The Labute approximate surface area is 224 Å². The molecule has 3 unspecified atom stereocenters. The number of piperidine rings is 1. The van der Waals surface area contributed by atoms with Crippen LogP contribution in [-0.4, -0.2) is 79.5 Å². The quantitative estimate of drug-likeness (QED) is 0.413. The maximum Gasteiger partial charge on any atom is 0.265 e. The summed E-state index contributed by atoms with van der Waals surface area (Å²) in [5, 5.41) is 9.43. The predicted molar refractivity (Wildman–Crippen MR) is 148 cm³/mol. The highest BCUT2D eigenvalue weighted by Gasteiger charge is 2.48. The van der Waals surface area contributed by atoms with Crippen LogP contribution in [0.25, 0.3) is 0 Å². The van der Waals surface area contributed by atoms with Crippen LogP contribution in [0.5, 0.6) is 0 Å². The van der Waals surface area contributed by atoms with Crippen molar-refractivity contribution in [3.8, 4) is 0 Å². The Kier molecular flexibility index (Phi) is 11.4. The van der Waals surface area contributed by atoms with Gasteiger partial charge in [0, 0.05) is 42.7 Å². The van der Waals surface area contributed by atoms with Crippen LogP contribution in [0.1, 0.15) is 73.6 Å². The van der Waals surface area contributed by atoms with Crippen molar-refractivity contribution in [2.75, 3.05) is 33.7 Å². The first-order chi connectivity index (χ1) is 17.4. The third-order valence-corrected chi connectivity index (χ3v) is 8.41. The Morgan fingerprint density at radius 1 is 1.08 bits per heavy atom. The monoisotopic (exact) mass is 521 g/mol. The van der Waals surface area contributed by atoms with Crippen LogP contribution >= 0.6 is 0 Å². The number of fused-ring (bicyclic) bond motifs is 2. The molecule has 3 rings (SSSR count).